The molecule has 7 nitrogen and oxygen atoms in total. The molecule has 10 heteroatoms. The first-order valence-electron chi connectivity index (χ1n) is 7.31. The fourth-order valence-electron chi connectivity index (χ4n) is 1.89. The van der Waals surface area contributed by atoms with Gasteiger partial charge in [-0.3, -0.25) is 0 Å². The van der Waals surface area contributed by atoms with Crippen LogP contribution in [0.1, 0.15) is 28.7 Å². The van der Waals surface area contributed by atoms with Crippen molar-refractivity contribution in [3.63, 3.8) is 0 Å². The normalized spacial score (nSPS) is 12.0. The Balaban J connectivity index is 0.000000412. The number of imidazole rings is 1. The minimum absolute atomic E-state index is 0.276. The predicted octanol–water partition coefficient (Wildman–Crippen LogP) is 2.19. The van der Waals surface area contributed by atoms with Gasteiger partial charge in [0.15, 0.2) is 0 Å². The van der Waals surface area contributed by atoms with Crippen LogP contribution >= 0.6 is 0 Å². The van der Waals surface area contributed by atoms with E-state index in [0.717, 1.165) is 11.4 Å². The third kappa shape index (κ3) is 6.93. The number of aliphatic hydroxyl groups excluding tert-OH is 1. The zero-order valence-corrected chi connectivity index (χ0v) is 13.6. The third-order valence-corrected chi connectivity index (χ3v) is 3.08. The molecule has 0 aliphatic rings. The van der Waals surface area contributed by atoms with Crippen molar-refractivity contribution in [3.8, 4) is 0 Å². The molecule has 2 rings (SSSR count). The zero-order valence-electron chi connectivity index (χ0n) is 13.6. The van der Waals surface area contributed by atoms with Crippen LogP contribution in [0.5, 0.6) is 0 Å². The number of carboxylic acids is 2. The Labute approximate surface area is 146 Å². The van der Waals surface area contributed by atoms with Crippen molar-refractivity contribution in [2.24, 2.45) is 0 Å². The van der Waals surface area contributed by atoms with Crippen molar-refractivity contribution in [3.05, 3.63) is 53.6 Å². The quantitative estimate of drug-likeness (QED) is 0.740. The summed E-state index contributed by atoms with van der Waals surface area (Å²) in [6, 6.07) is 6.75. The van der Waals surface area contributed by atoms with Crippen molar-refractivity contribution < 1.29 is 38.1 Å². The fraction of sp³-hybridized carbons (Fsp3) is 0.312. The number of aliphatic carboxylic acids is 1. The van der Waals surface area contributed by atoms with Crippen LogP contribution in [0.2, 0.25) is 0 Å². The van der Waals surface area contributed by atoms with Crippen LogP contribution in [0, 0.1) is 0 Å². The SMILES string of the molecule is CC(O)Cc1nccn1Cc1ccc(C(=O)O)cc1.O=C(O)C(F)(F)F. The number of hydrogen-bond donors (Lipinski definition) is 3. The number of rotatable bonds is 5. The number of aliphatic hydroxyl groups is 1. The summed E-state index contributed by atoms with van der Waals surface area (Å²) in [6.07, 6.45) is -1.47. The van der Waals surface area contributed by atoms with Gasteiger partial charge in [-0.1, -0.05) is 12.1 Å². The summed E-state index contributed by atoms with van der Waals surface area (Å²) in [5.74, 6) is -2.87. The zero-order chi connectivity index (χ0) is 19.9. The molecule has 0 aliphatic heterocycles. The number of carboxylic acid groups (broad SMARTS) is 2. The predicted molar refractivity (Wildman–Crippen MR) is 83.8 cm³/mol. The number of hydrogen-bond acceptors (Lipinski definition) is 4. The first kappa shape index (κ1) is 21.2. The monoisotopic (exact) mass is 374 g/mol. The van der Waals surface area contributed by atoms with E-state index in [-0.39, 0.29) is 5.56 Å². The number of aromatic nitrogens is 2. The van der Waals surface area contributed by atoms with Crippen LogP contribution in [0.25, 0.3) is 0 Å². The van der Waals surface area contributed by atoms with Crippen molar-refractivity contribution in [1.82, 2.24) is 9.55 Å². The van der Waals surface area contributed by atoms with E-state index in [1.165, 1.54) is 0 Å². The molecule has 0 fully saturated rings. The van der Waals surface area contributed by atoms with Gasteiger partial charge < -0.3 is 19.9 Å². The summed E-state index contributed by atoms with van der Waals surface area (Å²) >= 11 is 0. The van der Waals surface area contributed by atoms with Crippen LogP contribution < -0.4 is 0 Å². The van der Waals surface area contributed by atoms with Crippen LogP contribution in [0.15, 0.2) is 36.7 Å². The molecule has 1 aromatic heterocycles. The highest BCUT2D eigenvalue weighted by Gasteiger charge is 2.38. The van der Waals surface area contributed by atoms with Gasteiger partial charge in [-0.05, 0) is 24.6 Å². The summed E-state index contributed by atoms with van der Waals surface area (Å²) in [5, 5.41) is 25.4. The Bertz CT molecular complexity index is 739. The molecule has 1 heterocycles. The highest BCUT2D eigenvalue weighted by molar-refractivity contribution is 5.87. The minimum Gasteiger partial charge on any atom is -0.478 e. The molecule has 1 atom stereocenters. The largest absolute Gasteiger partial charge is 0.490 e. The second-order valence-electron chi connectivity index (χ2n) is 5.33. The van der Waals surface area contributed by atoms with Gasteiger partial charge in [-0.15, -0.1) is 0 Å². The highest BCUT2D eigenvalue weighted by Crippen LogP contribution is 2.13. The van der Waals surface area contributed by atoms with E-state index in [2.05, 4.69) is 4.98 Å². The van der Waals surface area contributed by atoms with Crippen LogP contribution in [0.4, 0.5) is 13.2 Å². The van der Waals surface area contributed by atoms with Crippen molar-refractivity contribution >= 4 is 11.9 Å². The molecule has 0 saturated heterocycles. The van der Waals surface area contributed by atoms with E-state index in [1.807, 2.05) is 10.8 Å². The molecule has 26 heavy (non-hydrogen) atoms. The summed E-state index contributed by atoms with van der Waals surface area (Å²) in [7, 11) is 0. The van der Waals surface area contributed by atoms with E-state index in [4.69, 9.17) is 15.0 Å². The molecule has 0 spiro atoms. The van der Waals surface area contributed by atoms with Crippen LogP contribution in [-0.4, -0.2) is 49.1 Å². The minimum atomic E-state index is -5.08. The van der Waals surface area contributed by atoms with Gasteiger partial charge in [-0.25, -0.2) is 14.6 Å². The van der Waals surface area contributed by atoms with Crippen LogP contribution in [0.3, 0.4) is 0 Å². The van der Waals surface area contributed by atoms with Gasteiger partial charge in [-0.2, -0.15) is 13.2 Å². The van der Waals surface area contributed by atoms with Gasteiger partial charge in [0.25, 0.3) is 0 Å². The van der Waals surface area contributed by atoms with Gasteiger partial charge in [0.05, 0.1) is 11.7 Å². The molecule has 1 aromatic carbocycles. The van der Waals surface area contributed by atoms with Crippen LogP contribution in [-0.2, 0) is 17.8 Å². The van der Waals surface area contributed by atoms with Crippen molar-refractivity contribution in [1.29, 1.82) is 0 Å². The van der Waals surface area contributed by atoms with Gasteiger partial charge in [0, 0.05) is 25.4 Å². The lowest BCUT2D eigenvalue weighted by Gasteiger charge is -2.09. The summed E-state index contributed by atoms with van der Waals surface area (Å²) in [4.78, 5) is 23.9. The summed E-state index contributed by atoms with van der Waals surface area (Å²) in [6.45, 7) is 2.34. The Morgan fingerprint density at radius 2 is 1.73 bits per heavy atom. The Kier molecular flexibility index (Phi) is 7.32. The number of benzene rings is 1. The number of carbonyl (C=O) groups is 2. The lowest BCUT2D eigenvalue weighted by molar-refractivity contribution is -0.192. The number of nitrogens with zero attached hydrogens (tertiary/aromatic N) is 2. The maximum absolute atomic E-state index is 10.8. The standard InChI is InChI=1S/C14H16N2O3.C2HF3O2/c1-10(17)8-13-15-6-7-16(13)9-11-2-4-12(5-3-11)14(18)19;3-2(4,5)1(6)7/h2-7,10,17H,8-9H2,1H3,(H,18,19);(H,6,7). The molecule has 1 unspecified atom stereocenters. The molecule has 0 aliphatic carbocycles. The number of aromatic carboxylic acids is 1. The maximum atomic E-state index is 10.8. The Hall–Kier alpha value is -2.88. The third-order valence-electron chi connectivity index (χ3n) is 3.08. The average Bonchev–Trinajstić information content (AvgIpc) is 2.93. The fourth-order valence-corrected chi connectivity index (χ4v) is 1.89. The Morgan fingerprint density at radius 3 is 2.15 bits per heavy atom. The van der Waals surface area contributed by atoms with E-state index in [9.17, 15) is 23.1 Å². The number of halogens is 3. The van der Waals surface area contributed by atoms with E-state index in [1.54, 1.807) is 37.4 Å². The topological polar surface area (TPSA) is 113 Å². The van der Waals surface area contributed by atoms with E-state index < -0.39 is 24.2 Å². The molecule has 142 valence electrons. The van der Waals surface area contributed by atoms with E-state index in [0.29, 0.717) is 13.0 Å². The smallest absolute Gasteiger partial charge is 0.478 e. The van der Waals surface area contributed by atoms with Gasteiger partial charge in [0.1, 0.15) is 5.82 Å². The highest BCUT2D eigenvalue weighted by atomic mass is 19.4. The van der Waals surface area contributed by atoms with Gasteiger partial charge >= 0.3 is 18.1 Å². The lowest BCUT2D eigenvalue weighted by atomic mass is 10.1. The maximum Gasteiger partial charge on any atom is 0.490 e. The molecule has 0 bridgehead atoms. The van der Waals surface area contributed by atoms with Gasteiger partial charge in [0.2, 0.25) is 0 Å². The van der Waals surface area contributed by atoms with Crippen molar-refractivity contribution in [2.75, 3.05) is 0 Å². The average molecular weight is 374 g/mol. The summed E-state index contributed by atoms with van der Waals surface area (Å²) < 4.78 is 33.7. The molecule has 0 radical (unpaired) electrons. The van der Waals surface area contributed by atoms with Crippen molar-refractivity contribution in [2.45, 2.75) is 32.2 Å². The second-order valence-corrected chi connectivity index (χ2v) is 5.33. The van der Waals surface area contributed by atoms with E-state index >= 15 is 0 Å². The first-order valence-corrected chi connectivity index (χ1v) is 7.31. The molecule has 2 aromatic rings. The lowest BCUT2D eigenvalue weighted by Crippen LogP contribution is -2.21. The first-order chi connectivity index (χ1) is 12.0. The molecule has 3 N–H and O–H groups in total. The summed E-state index contributed by atoms with van der Waals surface area (Å²) in [5.41, 5.74) is 1.27. The Morgan fingerprint density at radius 1 is 1.19 bits per heavy atom. The molecule has 0 amide bonds. The number of alkyl halides is 3. The second kappa shape index (κ2) is 8.99. The molecular weight excluding hydrogens is 357 g/mol. The molecule has 0 saturated carbocycles. The molecular formula is C16H17F3N2O5.